The second-order valence-electron chi connectivity index (χ2n) is 8.74. The van der Waals surface area contributed by atoms with Gasteiger partial charge in [0.2, 0.25) is 0 Å². The van der Waals surface area contributed by atoms with Crippen LogP contribution in [0.4, 0.5) is 4.39 Å². The zero-order chi connectivity index (χ0) is 19.9. The van der Waals surface area contributed by atoms with E-state index in [-0.39, 0.29) is 17.3 Å². The molecule has 2 saturated carbocycles. The van der Waals surface area contributed by atoms with Crippen LogP contribution in [0.5, 0.6) is 5.75 Å². The summed E-state index contributed by atoms with van der Waals surface area (Å²) in [6, 6.07) is 5.68. The summed E-state index contributed by atoms with van der Waals surface area (Å²) in [5.74, 6) is 2.59. The number of halogens is 1. The van der Waals surface area contributed by atoms with Gasteiger partial charge in [0.15, 0.2) is 0 Å². The predicted molar refractivity (Wildman–Crippen MR) is 107 cm³/mol. The van der Waals surface area contributed by atoms with Gasteiger partial charge in [0.05, 0.1) is 5.56 Å². The molecule has 0 aromatic heterocycles. The molecule has 0 atom stereocenters. The summed E-state index contributed by atoms with van der Waals surface area (Å²) < 4.78 is 18.8. The van der Waals surface area contributed by atoms with Crippen LogP contribution in [0.1, 0.15) is 83.1 Å². The zero-order valence-corrected chi connectivity index (χ0v) is 17.0. The minimum Gasteiger partial charge on any atom is -0.426 e. The molecule has 2 aliphatic carbocycles. The van der Waals surface area contributed by atoms with Crippen LogP contribution in [0.15, 0.2) is 18.2 Å². The number of benzene rings is 1. The summed E-state index contributed by atoms with van der Waals surface area (Å²) in [7, 11) is 0. The number of nitriles is 1. The van der Waals surface area contributed by atoms with Crippen molar-refractivity contribution >= 4 is 5.97 Å². The van der Waals surface area contributed by atoms with Gasteiger partial charge >= 0.3 is 5.97 Å². The molecule has 2 fully saturated rings. The second kappa shape index (κ2) is 10.0. The van der Waals surface area contributed by atoms with Gasteiger partial charge in [-0.25, -0.2) is 4.39 Å². The first-order chi connectivity index (χ1) is 13.6. The minimum atomic E-state index is -0.654. The molecule has 1 aromatic rings. The molecule has 0 heterocycles. The fraction of sp³-hybridized carbons (Fsp3) is 0.667. The summed E-state index contributed by atoms with van der Waals surface area (Å²) in [5.41, 5.74) is -0.0419. The Bertz CT molecular complexity index is 695. The van der Waals surface area contributed by atoms with E-state index in [0.717, 1.165) is 30.2 Å². The largest absolute Gasteiger partial charge is 0.426 e. The van der Waals surface area contributed by atoms with E-state index in [1.54, 1.807) is 6.07 Å². The van der Waals surface area contributed by atoms with Crippen LogP contribution in [0, 0.1) is 40.8 Å². The highest BCUT2D eigenvalue weighted by Gasteiger charge is 2.30. The monoisotopic (exact) mass is 385 g/mol. The number of carbonyl (C=O) groups excluding carboxylic acids is 1. The van der Waals surface area contributed by atoms with E-state index in [1.165, 1.54) is 69.9 Å². The maximum Gasteiger partial charge on any atom is 0.311 e. The lowest BCUT2D eigenvalue weighted by molar-refractivity contribution is -0.134. The molecule has 0 aliphatic heterocycles. The number of ether oxygens (including phenoxy) is 1. The fourth-order valence-electron chi connectivity index (χ4n) is 5.17. The number of nitrogens with zero attached hydrogens (tertiary/aromatic N) is 1. The van der Waals surface area contributed by atoms with E-state index in [9.17, 15) is 9.18 Å². The summed E-state index contributed by atoms with van der Waals surface area (Å²) in [4.78, 5) is 12.1. The highest BCUT2D eigenvalue weighted by molar-refractivity contribution is 5.72. The van der Waals surface area contributed by atoms with Gasteiger partial charge in [-0.2, -0.15) is 5.26 Å². The average molecular weight is 386 g/mol. The highest BCUT2D eigenvalue weighted by Crippen LogP contribution is 2.42. The summed E-state index contributed by atoms with van der Waals surface area (Å²) in [6.45, 7) is 2.32. The summed E-state index contributed by atoms with van der Waals surface area (Å²) in [5, 5.41) is 8.75. The molecule has 2 aliphatic rings. The van der Waals surface area contributed by atoms with Gasteiger partial charge in [-0.3, -0.25) is 4.79 Å². The van der Waals surface area contributed by atoms with Crippen LogP contribution in [0.25, 0.3) is 0 Å². The number of esters is 1. The topological polar surface area (TPSA) is 50.1 Å². The molecular formula is C24H32FNO2. The Morgan fingerprint density at radius 3 is 2.21 bits per heavy atom. The van der Waals surface area contributed by atoms with E-state index in [1.807, 2.05) is 0 Å². The lowest BCUT2D eigenvalue weighted by Crippen LogP contribution is -2.26. The smallest absolute Gasteiger partial charge is 0.311 e. The zero-order valence-electron chi connectivity index (χ0n) is 17.0. The molecule has 0 amide bonds. The van der Waals surface area contributed by atoms with Crippen molar-refractivity contribution in [2.75, 3.05) is 0 Å². The van der Waals surface area contributed by atoms with Gasteiger partial charge in [-0.1, -0.05) is 39.0 Å². The van der Waals surface area contributed by atoms with Gasteiger partial charge in [0, 0.05) is 12.5 Å². The van der Waals surface area contributed by atoms with Gasteiger partial charge in [0.25, 0.3) is 0 Å². The van der Waals surface area contributed by atoms with Gasteiger partial charge in [0.1, 0.15) is 17.6 Å². The number of hydrogen-bond donors (Lipinski definition) is 0. The van der Waals surface area contributed by atoms with E-state index >= 15 is 0 Å². The molecule has 0 saturated heterocycles. The Morgan fingerprint density at radius 1 is 1.07 bits per heavy atom. The first-order valence-corrected chi connectivity index (χ1v) is 11.0. The summed E-state index contributed by atoms with van der Waals surface area (Å²) in [6.07, 6.45) is 13.3. The summed E-state index contributed by atoms with van der Waals surface area (Å²) >= 11 is 0. The molecule has 0 spiro atoms. The minimum absolute atomic E-state index is 0.0419. The van der Waals surface area contributed by atoms with Gasteiger partial charge < -0.3 is 4.74 Å². The number of hydrogen-bond acceptors (Lipinski definition) is 3. The molecule has 0 unspecified atom stereocenters. The van der Waals surface area contributed by atoms with Crippen LogP contribution in [0.3, 0.4) is 0 Å². The Kier molecular flexibility index (Phi) is 7.48. The number of rotatable bonds is 6. The fourth-order valence-corrected chi connectivity index (χ4v) is 5.17. The maximum atomic E-state index is 13.6. The lowest BCUT2D eigenvalue weighted by atomic mass is 9.68. The van der Waals surface area contributed by atoms with Crippen molar-refractivity contribution in [2.45, 2.75) is 77.6 Å². The van der Waals surface area contributed by atoms with Crippen molar-refractivity contribution in [3.63, 3.8) is 0 Å². The molecule has 152 valence electrons. The molecule has 28 heavy (non-hydrogen) atoms. The van der Waals surface area contributed by atoms with Crippen LogP contribution in [0.2, 0.25) is 0 Å². The van der Waals surface area contributed by atoms with E-state index in [2.05, 4.69) is 6.92 Å². The first kappa shape index (κ1) is 20.8. The van der Waals surface area contributed by atoms with E-state index in [4.69, 9.17) is 10.00 Å². The molecule has 1 aromatic carbocycles. The molecule has 3 nitrogen and oxygen atoms in total. The van der Waals surface area contributed by atoms with E-state index < -0.39 is 5.82 Å². The Hall–Kier alpha value is -1.89. The van der Waals surface area contributed by atoms with Crippen molar-refractivity contribution in [3.05, 3.63) is 29.6 Å². The van der Waals surface area contributed by atoms with E-state index in [0.29, 0.717) is 12.3 Å². The molecular weight excluding hydrogens is 353 g/mol. The first-order valence-electron chi connectivity index (χ1n) is 11.0. The third-order valence-electron chi connectivity index (χ3n) is 7.08. The molecule has 0 bridgehead atoms. The second-order valence-corrected chi connectivity index (χ2v) is 8.74. The van der Waals surface area contributed by atoms with Crippen LogP contribution < -0.4 is 4.74 Å². The molecule has 3 rings (SSSR count). The predicted octanol–water partition coefficient (Wildman–Crippen LogP) is 6.41. The van der Waals surface area contributed by atoms with Crippen molar-refractivity contribution in [3.8, 4) is 11.8 Å². The van der Waals surface area contributed by atoms with Crippen molar-refractivity contribution in [1.29, 1.82) is 5.26 Å². The normalized spacial score (nSPS) is 27.8. The highest BCUT2D eigenvalue weighted by atomic mass is 19.1. The van der Waals surface area contributed by atoms with Crippen LogP contribution in [-0.2, 0) is 4.79 Å². The third-order valence-corrected chi connectivity index (χ3v) is 7.08. The lowest BCUT2D eigenvalue weighted by Gasteiger charge is -2.37. The quantitative estimate of drug-likeness (QED) is 0.420. The molecule has 0 radical (unpaired) electrons. The Balaban J connectivity index is 1.36. The van der Waals surface area contributed by atoms with Gasteiger partial charge in [-0.15, -0.1) is 0 Å². The van der Waals surface area contributed by atoms with Crippen LogP contribution >= 0.6 is 0 Å². The van der Waals surface area contributed by atoms with Crippen molar-refractivity contribution < 1.29 is 13.9 Å². The molecule has 4 heteroatoms. The standard InChI is InChI=1S/C24H32FNO2/c1-2-17-3-8-19(9-4-17)20-10-5-18(6-11-20)7-14-24(27)28-22-13-12-21(16-26)23(25)15-22/h12-13,15,17-20H,2-11,14H2,1H3. The van der Waals surface area contributed by atoms with Crippen molar-refractivity contribution in [2.24, 2.45) is 23.7 Å². The van der Waals surface area contributed by atoms with Crippen molar-refractivity contribution in [1.82, 2.24) is 0 Å². The SMILES string of the molecule is CCC1CCC(C2CCC(CCC(=O)Oc3ccc(C#N)c(F)c3)CC2)CC1. The Labute approximate surface area is 168 Å². The number of carbonyl (C=O) groups is 1. The third kappa shape index (κ3) is 5.56. The molecule has 0 N–H and O–H groups in total. The van der Waals surface area contributed by atoms with Crippen LogP contribution in [-0.4, -0.2) is 5.97 Å². The van der Waals surface area contributed by atoms with Gasteiger partial charge in [-0.05, 0) is 67.9 Å². The average Bonchev–Trinajstić information content (AvgIpc) is 2.73. The Morgan fingerprint density at radius 2 is 1.68 bits per heavy atom. The maximum absolute atomic E-state index is 13.6.